The van der Waals surface area contributed by atoms with Crippen LogP contribution in [-0.4, -0.2) is 6.21 Å². The van der Waals surface area contributed by atoms with Crippen molar-refractivity contribution in [3.8, 4) is 0 Å². The molecular formula is C16H20BrN. The molecule has 1 rings (SSSR count). The van der Waals surface area contributed by atoms with Crippen LogP contribution >= 0.6 is 15.9 Å². The van der Waals surface area contributed by atoms with Gasteiger partial charge in [0.15, 0.2) is 0 Å². The van der Waals surface area contributed by atoms with E-state index in [1.54, 1.807) is 0 Å². The fourth-order valence-electron chi connectivity index (χ4n) is 1.52. The zero-order valence-electron chi connectivity index (χ0n) is 11.3. The molecule has 18 heavy (non-hydrogen) atoms. The van der Waals surface area contributed by atoms with Gasteiger partial charge in [-0.05, 0) is 43.5 Å². The summed E-state index contributed by atoms with van der Waals surface area (Å²) >= 11 is 3.46. The zero-order valence-corrected chi connectivity index (χ0v) is 12.9. The number of halogens is 1. The van der Waals surface area contributed by atoms with E-state index in [1.807, 2.05) is 12.3 Å². The quantitative estimate of drug-likeness (QED) is 0.625. The summed E-state index contributed by atoms with van der Waals surface area (Å²) in [6.45, 7) is 6.41. The summed E-state index contributed by atoms with van der Waals surface area (Å²) in [5.74, 6) is 0. The summed E-state index contributed by atoms with van der Waals surface area (Å²) in [5, 5.41) is 0. The van der Waals surface area contributed by atoms with Crippen LogP contribution in [0, 0.1) is 0 Å². The van der Waals surface area contributed by atoms with Crippen LogP contribution in [-0.2, 0) is 0 Å². The van der Waals surface area contributed by atoms with Gasteiger partial charge in [-0.1, -0.05) is 48.0 Å². The number of allylic oxidation sites excluding steroid dienone is 3. The Bertz CT molecular complexity index is 452. The van der Waals surface area contributed by atoms with Gasteiger partial charge in [-0.3, -0.25) is 4.99 Å². The smallest absolute Gasteiger partial charge is 0.0691 e. The molecule has 0 spiro atoms. The summed E-state index contributed by atoms with van der Waals surface area (Å²) < 4.78 is 1.09. The standard InChI is InChI=1S/C16H20BrN/c1-4-6-7-12-18-16(13(3)5-2)14-8-10-15(17)11-9-14/h6-12H,4-5H2,1-3H3/b7-6-,16-13?,18-12?. The van der Waals surface area contributed by atoms with Crippen LogP contribution in [0.25, 0.3) is 5.70 Å². The second kappa shape index (κ2) is 8.04. The summed E-state index contributed by atoms with van der Waals surface area (Å²) in [6.07, 6.45) is 8.03. The predicted octanol–water partition coefficient (Wildman–Crippen LogP) is 5.63. The molecule has 1 aromatic carbocycles. The molecule has 0 saturated carbocycles. The van der Waals surface area contributed by atoms with Gasteiger partial charge in [0.05, 0.1) is 5.70 Å². The molecule has 96 valence electrons. The van der Waals surface area contributed by atoms with Crippen LogP contribution in [0.1, 0.15) is 39.2 Å². The average Bonchev–Trinajstić information content (AvgIpc) is 2.39. The van der Waals surface area contributed by atoms with Crippen molar-refractivity contribution in [2.75, 3.05) is 0 Å². The Balaban J connectivity index is 3.04. The molecule has 0 atom stereocenters. The number of aliphatic imine (C=N–C) groups is 1. The first kappa shape index (κ1) is 14.9. The van der Waals surface area contributed by atoms with Gasteiger partial charge >= 0.3 is 0 Å². The van der Waals surface area contributed by atoms with Crippen molar-refractivity contribution in [1.29, 1.82) is 0 Å². The van der Waals surface area contributed by atoms with Crippen molar-refractivity contribution >= 4 is 27.8 Å². The number of nitrogens with zero attached hydrogens (tertiary/aromatic N) is 1. The third-order valence-corrected chi connectivity index (χ3v) is 3.24. The molecule has 0 amide bonds. The molecule has 1 aromatic rings. The van der Waals surface area contributed by atoms with Crippen LogP contribution in [0.5, 0.6) is 0 Å². The highest BCUT2D eigenvalue weighted by Gasteiger charge is 2.02. The first-order valence-electron chi connectivity index (χ1n) is 6.33. The maximum absolute atomic E-state index is 4.58. The Labute approximate surface area is 118 Å². The van der Waals surface area contributed by atoms with Crippen molar-refractivity contribution in [1.82, 2.24) is 0 Å². The van der Waals surface area contributed by atoms with Crippen LogP contribution in [0.15, 0.2) is 51.5 Å². The average molecular weight is 306 g/mol. The van der Waals surface area contributed by atoms with Crippen molar-refractivity contribution in [3.63, 3.8) is 0 Å². The fraction of sp³-hybridized carbons (Fsp3) is 0.312. The minimum absolute atomic E-state index is 1.01. The first-order valence-corrected chi connectivity index (χ1v) is 7.13. The molecule has 0 aliphatic heterocycles. The molecule has 1 nitrogen and oxygen atoms in total. The zero-order chi connectivity index (χ0) is 13.4. The van der Waals surface area contributed by atoms with E-state index in [2.05, 4.69) is 72.0 Å². The highest BCUT2D eigenvalue weighted by Crippen LogP contribution is 2.23. The topological polar surface area (TPSA) is 12.4 Å². The van der Waals surface area contributed by atoms with Gasteiger partial charge in [0.1, 0.15) is 0 Å². The molecule has 0 radical (unpaired) electrons. The summed E-state index contributed by atoms with van der Waals surface area (Å²) in [7, 11) is 0. The van der Waals surface area contributed by atoms with E-state index >= 15 is 0 Å². The summed E-state index contributed by atoms with van der Waals surface area (Å²) in [5.41, 5.74) is 3.54. The molecule has 0 N–H and O–H groups in total. The van der Waals surface area contributed by atoms with E-state index in [-0.39, 0.29) is 0 Å². The Hall–Kier alpha value is -1.15. The molecule has 0 heterocycles. The second-order valence-electron chi connectivity index (χ2n) is 4.10. The maximum atomic E-state index is 4.58. The second-order valence-corrected chi connectivity index (χ2v) is 5.02. The van der Waals surface area contributed by atoms with Gasteiger partial charge in [-0.15, -0.1) is 0 Å². The molecular weight excluding hydrogens is 286 g/mol. The van der Waals surface area contributed by atoms with E-state index < -0.39 is 0 Å². The highest BCUT2D eigenvalue weighted by molar-refractivity contribution is 9.10. The molecule has 0 saturated heterocycles. The number of hydrogen-bond acceptors (Lipinski definition) is 1. The molecule has 2 heteroatoms. The SMILES string of the molecule is CC/C=C\C=NC(=C(C)CC)c1ccc(Br)cc1. The van der Waals surface area contributed by atoms with E-state index in [9.17, 15) is 0 Å². The van der Waals surface area contributed by atoms with Crippen molar-refractivity contribution in [2.45, 2.75) is 33.6 Å². The van der Waals surface area contributed by atoms with E-state index in [0.29, 0.717) is 0 Å². The lowest BCUT2D eigenvalue weighted by Crippen LogP contribution is -1.87. The summed E-state index contributed by atoms with van der Waals surface area (Å²) in [4.78, 5) is 4.58. The van der Waals surface area contributed by atoms with Gasteiger partial charge in [-0.25, -0.2) is 0 Å². The van der Waals surface area contributed by atoms with Gasteiger partial charge in [0.2, 0.25) is 0 Å². The third-order valence-electron chi connectivity index (χ3n) is 2.71. The Morgan fingerprint density at radius 3 is 2.44 bits per heavy atom. The normalized spacial score (nSPS) is 13.3. The van der Waals surface area contributed by atoms with Crippen molar-refractivity contribution in [2.24, 2.45) is 4.99 Å². The van der Waals surface area contributed by atoms with Crippen LogP contribution in [0.3, 0.4) is 0 Å². The van der Waals surface area contributed by atoms with E-state index in [4.69, 9.17) is 0 Å². The number of rotatable bonds is 5. The first-order chi connectivity index (χ1) is 8.69. The summed E-state index contributed by atoms with van der Waals surface area (Å²) in [6, 6.07) is 8.30. The number of hydrogen-bond donors (Lipinski definition) is 0. The van der Waals surface area contributed by atoms with Crippen molar-refractivity contribution in [3.05, 3.63) is 52.0 Å². The third kappa shape index (κ3) is 4.61. The predicted molar refractivity (Wildman–Crippen MR) is 85.0 cm³/mol. The number of benzene rings is 1. The monoisotopic (exact) mass is 305 g/mol. The molecule has 0 aromatic heterocycles. The fourth-order valence-corrected chi connectivity index (χ4v) is 1.79. The highest BCUT2D eigenvalue weighted by atomic mass is 79.9. The maximum Gasteiger partial charge on any atom is 0.0691 e. The molecule has 0 aliphatic rings. The van der Waals surface area contributed by atoms with E-state index in [0.717, 1.165) is 23.0 Å². The van der Waals surface area contributed by atoms with Crippen molar-refractivity contribution < 1.29 is 0 Å². The van der Waals surface area contributed by atoms with Crippen LogP contribution < -0.4 is 0 Å². The van der Waals surface area contributed by atoms with Gasteiger partial charge < -0.3 is 0 Å². The van der Waals surface area contributed by atoms with Crippen LogP contribution in [0.2, 0.25) is 0 Å². The minimum atomic E-state index is 1.01. The Kier molecular flexibility index (Phi) is 6.66. The molecule has 0 unspecified atom stereocenters. The van der Waals surface area contributed by atoms with E-state index in [1.165, 1.54) is 11.1 Å². The van der Waals surface area contributed by atoms with Gasteiger partial charge in [-0.2, -0.15) is 0 Å². The lowest BCUT2D eigenvalue weighted by atomic mass is 10.1. The molecule has 0 aliphatic carbocycles. The Morgan fingerprint density at radius 2 is 1.89 bits per heavy atom. The molecule has 0 fully saturated rings. The molecule has 0 bridgehead atoms. The Morgan fingerprint density at radius 1 is 1.22 bits per heavy atom. The van der Waals surface area contributed by atoms with Gasteiger partial charge in [0.25, 0.3) is 0 Å². The lowest BCUT2D eigenvalue weighted by Gasteiger charge is -2.06. The van der Waals surface area contributed by atoms with Gasteiger partial charge in [0, 0.05) is 16.3 Å². The lowest BCUT2D eigenvalue weighted by molar-refractivity contribution is 1.09. The minimum Gasteiger partial charge on any atom is -0.256 e. The largest absolute Gasteiger partial charge is 0.256 e. The van der Waals surface area contributed by atoms with Crippen LogP contribution in [0.4, 0.5) is 0 Å².